The number of thioether (sulfide) groups is 1. The molecule has 2 N–H and O–H groups in total. The minimum Gasteiger partial charge on any atom is -0.354 e. The molecule has 0 aliphatic carbocycles. The van der Waals surface area contributed by atoms with E-state index < -0.39 is 0 Å². The van der Waals surface area contributed by atoms with Gasteiger partial charge in [0, 0.05) is 29.5 Å². The molecule has 0 radical (unpaired) electrons. The number of nitrogens with one attached hydrogen (secondary N) is 2. The minimum absolute atomic E-state index is 0.0210. The summed E-state index contributed by atoms with van der Waals surface area (Å²) in [6, 6.07) is 10.2. The maximum absolute atomic E-state index is 12.4. The van der Waals surface area contributed by atoms with Crippen molar-refractivity contribution < 1.29 is 4.79 Å². The molecule has 5 nitrogen and oxygen atoms in total. The monoisotopic (exact) mass is 373 g/mol. The van der Waals surface area contributed by atoms with Crippen molar-refractivity contribution in [3.05, 3.63) is 57.5 Å². The molecule has 26 heavy (non-hydrogen) atoms. The van der Waals surface area contributed by atoms with Crippen LogP contribution < -0.4 is 10.9 Å². The van der Waals surface area contributed by atoms with Crippen molar-refractivity contribution >= 4 is 17.7 Å². The van der Waals surface area contributed by atoms with Gasteiger partial charge in [0.05, 0.1) is 0 Å². The van der Waals surface area contributed by atoms with E-state index in [-0.39, 0.29) is 17.5 Å². The molecule has 1 aromatic carbocycles. The zero-order chi connectivity index (χ0) is 18.9. The van der Waals surface area contributed by atoms with Gasteiger partial charge < -0.3 is 10.3 Å². The van der Waals surface area contributed by atoms with E-state index in [4.69, 9.17) is 0 Å². The molecule has 2 rings (SSSR count). The van der Waals surface area contributed by atoms with Gasteiger partial charge in [-0.2, -0.15) is 0 Å². The Morgan fingerprint density at radius 1 is 1.31 bits per heavy atom. The van der Waals surface area contributed by atoms with Gasteiger partial charge in [-0.05, 0) is 32.3 Å². The molecule has 0 fully saturated rings. The van der Waals surface area contributed by atoms with Crippen LogP contribution in [0.3, 0.4) is 0 Å². The highest BCUT2D eigenvalue weighted by Crippen LogP contribution is 2.19. The number of nitrogens with zero attached hydrogens (tertiary/aromatic N) is 1. The van der Waals surface area contributed by atoms with E-state index in [9.17, 15) is 9.59 Å². The van der Waals surface area contributed by atoms with E-state index in [0.717, 1.165) is 18.6 Å². The first kappa shape index (κ1) is 20.2. The lowest BCUT2D eigenvalue weighted by atomic mass is 10.1. The van der Waals surface area contributed by atoms with Crippen molar-refractivity contribution in [2.24, 2.45) is 0 Å². The van der Waals surface area contributed by atoms with Gasteiger partial charge in [-0.3, -0.25) is 9.59 Å². The second kappa shape index (κ2) is 10.2. The van der Waals surface area contributed by atoms with Crippen LogP contribution in [0.15, 0.2) is 40.3 Å². The molecule has 2 aromatic rings. The van der Waals surface area contributed by atoms with Crippen molar-refractivity contribution in [3.63, 3.8) is 0 Å². The molecule has 0 saturated heterocycles. The number of aryl methyl sites for hydroxylation is 1. The molecule has 6 heteroatoms. The smallest absolute Gasteiger partial charge is 0.254 e. The summed E-state index contributed by atoms with van der Waals surface area (Å²) in [7, 11) is 0. The third-order valence-corrected chi connectivity index (χ3v) is 5.09. The van der Waals surface area contributed by atoms with E-state index in [1.54, 1.807) is 0 Å². The van der Waals surface area contributed by atoms with Crippen LogP contribution in [0.2, 0.25) is 0 Å². The molecule has 0 spiro atoms. The van der Waals surface area contributed by atoms with Crippen molar-refractivity contribution in [3.8, 4) is 0 Å². The van der Waals surface area contributed by atoms with E-state index in [1.165, 1.54) is 17.3 Å². The quantitative estimate of drug-likeness (QED) is 0.520. The normalized spacial score (nSPS) is 12.0. The highest BCUT2D eigenvalue weighted by atomic mass is 32.2. The lowest BCUT2D eigenvalue weighted by Gasteiger charge is -2.13. The summed E-state index contributed by atoms with van der Waals surface area (Å²) in [5.74, 6) is 0.729. The Bertz CT molecular complexity index is 774. The summed E-state index contributed by atoms with van der Waals surface area (Å²) in [5.41, 5.74) is 2.31. The summed E-state index contributed by atoms with van der Waals surface area (Å²) in [6.07, 6.45) is 2.70. The number of H-pyrrole nitrogens is 1. The van der Waals surface area contributed by atoms with Gasteiger partial charge in [-0.15, -0.1) is 0 Å². The number of aromatic amines is 1. The van der Waals surface area contributed by atoms with Crippen molar-refractivity contribution in [1.82, 2.24) is 15.3 Å². The van der Waals surface area contributed by atoms with Crippen LogP contribution in [0.4, 0.5) is 0 Å². The first-order valence-electron chi connectivity index (χ1n) is 9.05. The number of amides is 1. The molecule has 0 aliphatic rings. The molecule has 1 aromatic heterocycles. The number of benzene rings is 1. The predicted molar refractivity (Wildman–Crippen MR) is 106 cm³/mol. The van der Waals surface area contributed by atoms with Gasteiger partial charge >= 0.3 is 0 Å². The minimum atomic E-state index is -0.150. The molecule has 0 aliphatic heterocycles. The summed E-state index contributed by atoms with van der Waals surface area (Å²) < 4.78 is 0. The summed E-state index contributed by atoms with van der Waals surface area (Å²) in [6.45, 7) is 5.92. The third kappa shape index (κ3) is 6.33. The molecular weight excluding hydrogens is 346 g/mol. The van der Waals surface area contributed by atoms with Gasteiger partial charge in [0.1, 0.15) is 0 Å². The molecule has 1 atom stereocenters. The van der Waals surface area contributed by atoms with E-state index in [0.29, 0.717) is 29.3 Å². The maximum Gasteiger partial charge on any atom is 0.254 e. The largest absolute Gasteiger partial charge is 0.354 e. The molecule has 0 saturated carbocycles. The van der Waals surface area contributed by atoms with Gasteiger partial charge in [-0.1, -0.05) is 55.4 Å². The topological polar surface area (TPSA) is 74.8 Å². The number of carbonyl (C=O) groups excluding carboxylic acids is 1. The Morgan fingerprint density at radius 2 is 2.04 bits per heavy atom. The predicted octanol–water partition coefficient (Wildman–Crippen LogP) is 3.61. The van der Waals surface area contributed by atoms with E-state index >= 15 is 0 Å². The molecule has 140 valence electrons. The Kier molecular flexibility index (Phi) is 7.91. The Labute approximate surface area is 159 Å². The standard InChI is InChI=1S/C20H27N3O2S/c1-4-8-14(2)21-18(24)12-11-17-15(3)22-20(23-19(17)25)26-13-16-9-6-5-7-10-16/h5-7,9-10,14H,4,8,11-13H2,1-3H3,(H,21,24)(H,22,23,25). The highest BCUT2D eigenvalue weighted by molar-refractivity contribution is 7.98. The first-order valence-corrected chi connectivity index (χ1v) is 10.0. The third-order valence-electron chi connectivity index (χ3n) is 4.15. The van der Waals surface area contributed by atoms with Gasteiger partial charge in [0.2, 0.25) is 5.91 Å². The SMILES string of the molecule is CCCC(C)NC(=O)CCc1c(C)nc(SCc2ccccc2)[nH]c1=O. The molecule has 0 bridgehead atoms. The highest BCUT2D eigenvalue weighted by Gasteiger charge is 2.12. The average Bonchev–Trinajstić information content (AvgIpc) is 2.60. The second-order valence-corrected chi connectivity index (χ2v) is 7.43. The summed E-state index contributed by atoms with van der Waals surface area (Å²) >= 11 is 1.50. The van der Waals surface area contributed by atoms with Crippen LogP contribution in [0.1, 0.15) is 49.9 Å². The van der Waals surface area contributed by atoms with E-state index in [2.05, 4.69) is 22.2 Å². The number of carbonyl (C=O) groups is 1. The Hall–Kier alpha value is -2.08. The lowest BCUT2D eigenvalue weighted by Crippen LogP contribution is -2.33. The van der Waals surface area contributed by atoms with Crippen LogP contribution in [0.5, 0.6) is 0 Å². The molecule has 1 amide bonds. The fourth-order valence-corrected chi connectivity index (χ4v) is 3.63. The van der Waals surface area contributed by atoms with Crippen molar-refractivity contribution in [2.45, 2.75) is 63.4 Å². The Balaban J connectivity index is 1.94. The first-order chi connectivity index (χ1) is 12.5. The van der Waals surface area contributed by atoms with Crippen molar-refractivity contribution in [2.75, 3.05) is 0 Å². The summed E-state index contributed by atoms with van der Waals surface area (Å²) in [4.78, 5) is 31.7. The zero-order valence-corrected chi connectivity index (χ0v) is 16.5. The fourth-order valence-electron chi connectivity index (χ4n) is 2.76. The molecular formula is C20H27N3O2S. The van der Waals surface area contributed by atoms with Crippen LogP contribution in [0.25, 0.3) is 0 Å². The number of aromatic nitrogens is 2. The fraction of sp³-hybridized carbons (Fsp3) is 0.450. The number of hydrogen-bond acceptors (Lipinski definition) is 4. The average molecular weight is 374 g/mol. The van der Waals surface area contributed by atoms with Gasteiger partial charge in [0.25, 0.3) is 5.56 Å². The lowest BCUT2D eigenvalue weighted by molar-refractivity contribution is -0.121. The second-order valence-electron chi connectivity index (χ2n) is 6.47. The van der Waals surface area contributed by atoms with Crippen LogP contribution >= 0.6 is 11.8 Å². The van der Waals surface area contributed by atoms with Gasteiger partial charge in [0.15, 0.2) is 5.16 Å². The van der Waals surface area contributed by atoms with Gasteiger partial charge in [-0.25, -0.2) is 4.98 Å². The molecule has 1 unspecified atom stereocenters. The van der Waals surface area contributed by atoms with Crippen LogP contribution in [-0.4, -0.2) is 21.9 Å². The molecule has 1 heterocycles. The summed E-state index contributed by atoms with van der Waals surface area (Å²) in [5, 5.41) is 3.58. The van der Waals surface area contributed by atoms with Crippen LogP contribution in [0, 0.1) is 6.92 Å². The maximum atomic E-state index is 12.4. The van der Waals surface area contributed by atoms with E-state index in [1.807, 2.05) is 44.2 Å². The number of hydrogen-bond donors (Lipinski definition) is 2. The zero-order valence-electron chi connectivity index (χ0n) is 15.7. The van der Waals surface area contributed by atoms with Crippen molar-refractivity contribution in [1.29, 1.82) is 0 Å². The Morgan fingerprint density at radius 3 is 2.69 bits per heavy atom. The number of rotatable bonds is 9. The van der Waals surface area contributed by atoms with Crippen LogP contribution in [-0.2, 0) is 17.0 Å².